The Bertz CT molecular complexity index is 752. The monoisotopic (exact) mass is 325 g/mol. The number of nitrogens with one attached hydrogen (secondary N) is 1. The molecule has 2 aromatic rings. The summed E-state index contributed by atoms with van der Waals surface area (Å²) in [5.41, 5.74) is 2.87. The van der Waals surface area contributed by atoms with Crippen LogP contribution in [0, 0.1) is 5.82 Å². The minimum absolute atomic E-state index is 0.0146. The van der Waals surface area contributed by atoms with Gasteiger partial charge in [0.1, 0.15) is 11.9 Å². The second-order valence-corrected chi connectivity index (χ2v) is 6.61. The molecule has 1 aliphatic heterocycles. The number of fused-ring (bicyclic) bond motifs is 1. The van der Waals surface area contributed by atoms with Crippen LogP contribution in [0.25, 0.3) is 0 Å². The Balaban J connectivity index is 1.45. The fraction of sp³-hybridized carbons (Fsp3) is 0.350. The van der Waals surface area contributed by atoms with Gasteiger partial charge >= 0.3 is 0 Å². The van der Waals surface area contributed by atoms with Gasteiger partial charge in [0.2, 0.25) is 5.91 Å². The number of benzene rings is 2. The van der Waals surface area contributed by atoms with Crippen molar-refractivity contribution in [2.24, 2.45) is 0 Å². The van der Waals surface area contributed by atoms with Crippen LogP contribution >= 0.6 is 0 Å². The van der Waals surface area contributed by atoms with E-state index < -0.39 is 5.41 Å². The fourth-order valence-corrected chi connectivity index (χ4v) is 3.54. The topological polar surface area (TPSA) is 38.3 Å². The fourth-order valence-electron chi connectivity index (χ4n) is 3.54. The van der Waals surface area contributed by atoms with Gasteiger partial charge in [0.15, 0.2) is 0 Å². The summed E-state index contributed by atoms with van der Waals surface area (Å²) in [7, 11) is 0. The summed E-state index contributed by atoms with van der Waals surface area (Å²) < 4.78 is 19.0. The van der Waals surface area contributed by atoms with Crippen LogP contribution in [0.2, 0.25) is 0 Å². The zero-order valence-electron chi connectivity index (χ0n) is 13.4. The first kappa shape index (κ1) is 15.3. The van der Waals surface area contributed by atoms with E-state index in [1.807, 2.05) is 12.1 Å². The van der Waals surface area contributed by atoms with Crippen LogP contribution in [-0.4, -0.2) is 19.1 Å². The van der Waals surface area contributed by atoms with Crippen molar-refractivity contribution in [1.29, 1.82) is 0 Å². The lowest BCUT2D eigenvalue weighted by Gasteiger charge is -2.27. The molecule has 0 unspecified atom stereocenters. The van der Waals surface area contributed by atoms with Gasteiger partial charge in [-0.1, -0.05) is 36.4 Å². The van der Waals surface area contributed by atoms with Crippen molar-refractivity contribution in [2.45, 2.75) is 30.8 Å². The van der Waals surface area contributed by atoms with Gasteiger partial charge in [0, 0.05) is 6.54 Å². The van der Waals surface area contributed by atoms with Crippen LogP contribution in [0.1, 0.15) is 35.6 Å². The van der Waals surface area contributed by atoms with Crippen LogP contribution in [0.15, 0.2) is 48.5 Å². The van der Waals surface area contributed by atoms with Crippen molar-refractivity contribution in [3.05, 3.63) is 71.0 Å². The number of amides is 1. The molecule has 2 aliphatic rings. The van der Waals surface area contributed by atoms with Gasteiger partial charge in [-0.25, -0.2) is 4.39 Å². The van der Waals surface area contributed by atoms with Crippen LogP contribution in [-0.2, 0) is 21.4 Å². The summed E-state index contributed by atoms with van der Waals surface area (Å²) in [5, 5.41) is 3.05. The first-order chi connectivity index (χ1) is 11.7. The van der Waals surface area contributed by atoms with Gasteiger partial charge in [-0.3, -0.25) is 4.79 Å². The smallest absolute Gasteiger partial charge is 0.230 e. The molecule has 4 heteroatoms. The van der Waals surface area contributed by atoms with Gasteiger partial charge < -0.3 is 10.1 Å². The van der Waals surface area contributed by atoms with E-state index in [2.05, 4.69) is 17.4 Å². The van der Waals surface area contributed by atoms with Crippen LogP contribution in [0.5, 0.6) is 0 Å². The molecule has 1 amide bonds. The highest BCUT2D eigenvalue weighted by Crippen LogP contribution is 2.48. The quantitative estimate of drug-likeness (QED) is 0.937. The molecule has 3 nitrogen and oxygen atoms in total. The Kier molecular flexibility index (Phi) is 3.85. The Morgan fingerprint density at radius 3 is 2.67 bits per heavy atom. The molecule has 124 valence electrons. The molecule has 1 fully saturated rings. The van der Waals surface area contributed by atoms with Gasteiger partial charge in [-0.2, -0.15) is 0 Å². The van der Waals surface area contributed by atoms with Crippen LogP contribution < -0.4 is 5.32 Å². The van der Waals surface area contributed by atoms with E-state index in [-0.39, 0.29) is 17.8 Å². The lowest BCUT2D eigenvalue weighted by Crippen LogP contribution is -2.38. The van der Waals surface area contributed by atoms with Crippen molar-refractivity contribution in [2.75, 3.05) is 13.2 Å². The number of hydrogen-bond acceptors (Lipinski definition) is 2. The average molecular weight is 325 g/mol. The van der Waals surface area contributed by atoms with Crippen molar-refractivity contribution in [3.63, 3.8) is 0 Å². The molecule has 1 atom stereocenters. The Morgan fingerprint density at radius 2 is 1.92 bits per heavy atom. The van der Waals surface area contributed by atoms with E-state index in [1.54, 1.807) is 12.1 Å². The van der Waals surface area contributed by atoms with Gasteiger partial charge in [0.05, 0.1) is 12.0 Å². The van der Waals surface area contributed by atoms with Crippen LogP contribution in [0.4, 0.5) is 4.39 Å². The zero-order valence-corrected chi connectivity index (χ0v) is 13.4. The number of carbonyl (C=O) groups is 1. The maximum absolute atomic E-state index is 13.1. The number of rotatable bonds is 4. The molecule has 0 saturated heterocycles. The van der Waals surface area contributed by atoms with E-state index >= 15 is 0 Å². The van der Waals surface area contributed by atoms with E-state index in [4.69, 9.17) is 4.74 Å². The first-order valence-corrected chi connectivity index (χ1v) is 8.43. The highest BCUT2D eigenvalue weighted by molar-refractivity contribution is 5.91. The summed E-state index contributed by atoms with van der Waals surface area (Å²) in [5.74, 6) is -0.261. The molecule has 24 heavy (non-hydrogen) atoms. The van der Waals surface area contributed by atoms with Crippen molar-refractivity contribution in [3.8, 4) is 0 Å². The normalized spacial score (nSPS) is 21.0. The maximum atomic E-state index is 13.1. The molecule has 1 N–H and O–H groups in total. The minimum atomic E-state index is -0.484. The van der Waals surface area contributed by atoms with Crippen molar-refractivity contribution >= 4 is 5.91 Å². The lowest BCUT2D eigenvalue weighted by molar-refractivity contribution is -0.124. The molecule has 1 aliphatic carbocycles. The van der Waals surface area contributed by atoms with Crippen molar-refractivity contribution in [1.82, 2.24) is 5.32 Å². The largest absolute Gasteiger partial charge is 0.371 e. The molecule has 0 bridgehead atoms. The van der Waals surface area contributed by atoms with E-state index in [9.17, 15) is 9.18 Å². The summed E-state index contributed by atoms with van der Waals surface area (Å²) in [4.78, 5) is 12.7. The third kappa shape index (κ3) is 2.71. The van der Waals surface area contributed by atoms with Gasteiger partial charge in [-0.05, 0) is 48.1 Å². The van der Waals surface area contributed by atoms with Gasteiger partial charge in [0.25, 0.3) is 0 Å². The van der Waals surface area contributed by atoms with E-state index in [0.717, 1.165) is 30.4 Å². The highest BCUT2D eigenvalue weighted by atomic mass is 19.1. The van der Waals surface area contributed by atoms with E-state index in [1.165, 1.54) is 17.7 Å². The van der Waals surface area contributed by atoms with Crippen molar-refractivity contribution < 1.29 is 13.9 Å². The average Bonchev–Trinajstić information content (AvgIpc) is 3.42. The summed E-state index contributed by atoms with van der Waals surface area (Å²) in [6.45, 7) is 1.15. The zero-order chi connectivity index (χ0) is 16.6. The second kappa shape index (κ2) is 6.02. The molecule has 2 aromatic carbocycles. The predicted molar refractivity (Wildman–Crippen MR) is 89.2 cm³/mol. The number of carbonyl (C=O) groups excluding carboxylic acids is 1. The standard InChI is InChI=1S/C20H20FNO2/c21-16-7-5-15(6-8-16)20(10-11-20)19(23)22-13-18-17-4-2-1-3-14(17)9-12-24-18/h1-8,18H,9-13H2,(H,22,23)/t18-/m1/s1. The molecule has 1 saturated carbocycles. The maximum Gasteiger partial charge on any atom is 0.230 e. The Hall–Kier alpha value is -2.20. The third-order valence-corrected chi connectivity index (χ3v) is 5.12. The molecule has 1 heterocycles. The Morgan fingerprint density at radius 1 is 1.17 bits per heavy atom. The summed E-state index contributed by atoms with van der Waals surface area (Å²) in [6, 6.07) is 14.5. The number of ether oxygens (including phenoxy) is 1. The first-order valence-electron chi connectivity index (χ1n) is 8.43. The molecular formula is C20H20FNO2. The second-order valence-electron chi connectivity index (χ2n) is 6.61. The third-order valence-electron chi connectivity index (χ3n) is 5.12. The molecule has 0 aromatic heterocycles. The molecule has 0 radical (unpaired) electrons. The number of halogens is 1. The van der Waals surface area contributed by atoms with Crippen LogP contribution in [0.3, 0.4) is 0 Å². The summed E-state index contributed by atoms with van der Waals surface area (Å²) in [6.07, 6.45) is 2.45. The minimum Gasteiger partial charge on any atom is -0.371 e. The van der Waals surface area contributed by atoms with E-state index in [0.29, 0.717) is 13.2 Å². The summed E-state index contributed by atoms with van der Waals surface area (Å²) >= 11 is 0. The Labute approximate surface area is 140 Å². The SMILES string of the molecule is O=C(NC[C@H]1OCCc2ccccc21)C1(c2ccc(F)cc2)CC1. The highest BCUT2D eigenvalue weighted by Gasteiger charge is 2.51. The molecular weight excluding hydrogens is 305 g/mol. The van der Waals surface area contributed by atoms with Gasteiger partial charge in [-0.15, -0.1) is 0 Å². The number of hydrogen-bond donors (Lipinski definition) is 1. The lowest BCUT2D eigenvalue weighted by atomic mass is 9.94. The predicted octanol–water partition coefficient (Wildman–Crippen LogP) is 3.29. The molecule has 0 spiro atoms. The molecule has 4 rings (SSSR count).